The van der Waals surface area contributed by atoms with Crippen molar-refractivity contribution in [2.45, 2.75) is 18.4 Å². The summed E-state index contributed by atoms with van der Waals surface area (Å²) in [5, 5.41) is 0. The minimum absolute atomic E-state index is 0. The molecule has 74 valence electrons. The molecule has 0 aliphatic heterocycles. The van der Waals surface area contributed by atoms with Gasteiger partial charge < -0.3 is 10.2 Å². The van der Waals surface area contributed by atoms with E-state index in [9.17, 15) is 0 Å². The second kappa shape index (κ2) is 2.93. The Labute approximate surface area is 86.9 Å². The average molecular weight is 212 g/mol. The number of halogens is 1. The van der Waals surface area contributed by atoms with Crippen molar-refractivity contribution in [2.75, 3.05) is 0 Å². The molecular weight excluding hydrogens is 202 g/mol. The van der Waals surface area contributed by atoms with E-state index in [4.69, 9.17) is 10.2 Å². The maximum absolute atomic E-state index is 5.95. The Kier molecular flexibility index (Phi) is 1.97. The summed E-state index contributed by atoms with van der Waals surface area (Å²) in [5.41, 5.74) is 7.01. The summed E-state index contributed by atoms with van der Waals surface area (Å²) in [6.07, 6.45) is 3.62. The van der Waals surface area contributed by atoms with E-state index in [1.165, 1.54) is 0 Å². The lowest BCUT2D eigenvalue weighted by Gasteiger charge is -1.98. The second-order valence-corrected chi connectivity index (χ2v) is 3.50. The molecule has 1 aliphatic carbocycles. The molecule has 0 spiro atoms. The molecule has 0 aromatic carbocycles. The highest BCUT2D eigenvalue weighted by Crippen LogP contribution is 2.42. The molecule has 1 aliphatic rings. The molecule has 2 aromatic heterocycles. The molecule has 1 fully saturated rings. The smallest absolute Gasteiger partial charge is 0.217 e. The Bertz CT molecular complexity index is 431. The van der Waals surface area contributed by atoms with Crippen LogP contribution in [-0.2, 0) is 5.54 Å². The van der Waals surface area contributed by atoms with Gasteiger partial charge in [0.05, 0.1) is 5.54 Å². The highest BCUT2D eigenvalue weighted by molar-refractivity contribution is 5.85. The van der Waals surface area contributed by atoms with Gasteiger partial charge in [-0.15, -0.1) is 12.4 Å². The van der Waals surface area contributed by atoms with Crippen LogP contribution in [0.4, 0.5) is 0 Å². The number of nitrogens with zero attached hydrogens (tertiary/aromatic N) is 2. The summed E-state index contributed by atoms with van der Waals surface area (Å²) in [4.78, 5) is 8.33. The molecule has 2 heterocycles. The standard InChI is InChI=1S/C9H9N3O.ClH/c10-9(3-4-9)8-12-7-6(13-8)2-1-5-11-7;/h1-2,5H,3-4,10H2;1H. The van der Waals surface area contributed by atoms with Gasteiger partial charge in [-0.25, -0.2) is 4.98 Å². The number of fused-ring (bicyclic) bond motifs is 1. The molecule has 4 nitrogen and oxygen atoms in total. The molecule has 14 heavy (non-hydrogen) atoms. The summed E-state index contributed by atoms with van der Waals surface area (Å²) in [7, 11) is 0. The zero-order chi connectivity index (χ0) is 8.89. The van der Waals surface area contributed by atoms with Crippen LogP contribution in [0.25, 0.3) is 11.2 Å². The lowest BCUT2D eigenvalue weighted by atomic mass is 10.3. The maximum Gasteiger partial charge on any atom is 0.217 e. The van der Waals surface area contributed by atoms with Gasteiger partial charge in [0.15, 0.2) is 11.2 Å². The Balaban J connectivity index is 0.000000750. The van der Waals surface area contributed by atoms with Gasteiger partial charge in [0, 0.05) is 6.20 Å². The first-order valence-electron chi connectivity index (χ1n) is 4.29. The van der Waals surface area contributed by atoms with E-state index in [1.54, 1.807) is 6.20 Å². The van der Waals surface area contributed by atoms with Crippen LogP contribution in [0, 0.1) is 0 Å². The van der Waals surface area contributed by atoms with E-state index in [0.29, 0.717) is 17.1 Å². The van der Waals surface area contributed by atoms with Crippen LogP contribution in [0.2, 0.25) is 0 Å². The average Bonchev–Trinajstić information content (AvgIpc) is 2.76. The lowest BCUT2D eigenvalue weighted by molar-refractivity contribution is 0.465. The van der Waals surface area contributed by atoms with Crippen molar-refractivity contribution in [1.29, 1.82) is 0 Å². The van der Waals surface area contributed by atoms with E-state index in [-0.39, 0.29) is 17.9 Å². The second-order valence-electron chi connectivity index (χ2n) is 3.50. The van der Waals surface area contributed by atoms with Crippen LogP contribution >= 0.6 is 12.4 Å². The van der Waals surface area contributed by atoms with Crippen LogP contribution in [-0.4, -0.2) is 9.97 Å². The zero-order valence-electron chi connectivity index (χ0n) is 7.43. The SMILES string of the molecule is Cl.NC1(c2nc3ncccc3o2)CC1. The Hall–Kier alpha value is -1.13. The minimum Gasteiger partial charge on any atom is -0.437 e. The van der Waals surface area contributed by atoms with Crippen molar-refractivity contribution in [3.63, 3.8) is 0 Å². The van der Waals surface area contributed by atoms with E-state index in [0.717, 1.165) is 12.8 Å². The lowest BCUT2D eigenvalue weighted by Crippen LogP contribution is -2.18. The minimum atomic E-state index is -0.305. The number of aromatic nitrogens is 2. The molecule has 1 saturated carbocycles. The number of hydrogen-bond acceptors (Lipinski definition) is 4. The third kappa shape index (κ3) is 1.27. The number of rotatable bonds is 1. The highest BCUT2D eigenvalue weighted by Gasteiger charge is 2.45. The van der Waals surface area contributed by atoms with Crippen molar-refractivity contribution in [3.05, 3.63) is 24.2 Å². The summed E-state index contributed by atoms with van der Waals surface area (Å²) in [6.45, 7) is 0. The highest BCUT2D eigenvalue weighted by atomic mass is 35.5. The van der Waals surface area contributed by atoms with Crippen LogP contribution in [0.1, 0.15) is 18.7 Å². The van der Waals surface area contributed by atoms with Crippen LogP contribution < -0.4 is 5.73 Å². The topological polar surface area (TPSA) is 64.9 Å². The molecule has 0 unspecified atom stereocenters. The fourth-order valence-corrected chi connectivity index (χ4v) is 1.33. The monoisotopic (exact) mass is 211 g/mol. The Morgan fingerprint density at radius 3 is 2.86 bits per heavy atom. The largest absolute Gasteiger partial charge is 0.437 e. The molecular formula is C9H10ClN3O. The fraction of sp³-hybridized carbons (Fsp3) is 0.333. The van der Waals surface area contributed by atoms with Gasteiger partial charge in [-0.3, -0.25) is 0 Å². The molecule has 0 atom stereocenters. The first kappa shape index (κ1) is 9.43. The van der Waals surface area contributed by atoms with Crippen molar-refractivity contribution in [1.82, 2.24) is 9.97 Å². The van der Waals surface area contributed by atoms with Crippen LogP contribution in [0.5, 0.6) is 0 Å². The normalized spacial score (nSPS) is 17.8. The van der Waals surface area contributed by atoms with Crippen molar-refractivity contribution >= 4 is 23.6 Å². The van der Waals surface area contributed by atoms with Crippen molar-refractivity contribution in [3.8, 4) is 0 Å². The Morgan fingerprint density at radius 2 is 2.21 bits per heavy atom. The Morgan fingerprint density at radius 1 is 1.43 bits per heavy atom. The first-order valence-corrected chi connectivity index (χ1v) is 4.29. The molecule has 2 N–H and O–H groups in total. The number of oxazole rings is 1. The van der Waals surface area contributed by atoms with E-state index < -0.39 is 0 Å². The fourth-order valence-electron chi connectivity index (χ4n) is 1.33. The van der Waals surface area contributed by atoms with Crippen LogP contribution in [0.3, 0.4) is 0 Å². The van der Waals surface area contributed by atoms with Gasteiger partial charge in [-0.1, -0.05) is 0 Å². The van der Waals surface area contributed by atoms with E-state index >= 15 is 0 Å². The molecule has 2 aromatic rings. The molecule has 0 bridgehead atoms. The number of hydrogen-bond donors (Lipinski definition) is 1. The molecule has 3 rings (SSSR count). The van der Waals surface area contributed by atoms with E-state index in [2.05, 4.69) is 9.97 Å². The molecule has 0 saturated heterocycles. The van der Waals surface area contributed by atoms with Gasteiger partial charge in [-0.2, -0.15) is 4.98 Å². The van der Waals surface area contributed by atoms with Gasteiger partial charge >= 0.3 is 0 Å². The van der Waals surface area contributed by atoms with Gasteiger partial charge in [0.1, 0.15) is 0 Å². The van der Waals surface area contributed by atoms with Gasteiger partial charge in [-0.05, 0) is 25.0 Å². The van der Waals surface area contributed by atoms with Gasteiger partial charge in [0.25, 0.3) is 0 Å². The predicted molar refractivity (Wildman–Crippen MR) is 54.2 cm³/mol. The van der Waals surface area contributed by atoms with E-state index in [1.807, 2.05) is 12.1 Å². The molecule has 5 heteroatoms. The quantitative estimate of drug-likeness (QED) is 0.778. The summed E-state index contributed by atoms with van der Waals surface area (Å²) < 4.78 is 5.50. The third-order valence-electron chi connectivity index (χ3n) is 2.38. The predicted octanol–water partition coefficient (Wildman–Crippen LogP) is 1.59. The summed E-state index contributed by atoms with van der Waals surface area (Å²) in [5.74, 6) is 0.626. The number of pyridine rings is 1. The van der Waals surface area contributed by atoms with Crippen molar-refractivity contribution < 1.29 is 4.42 Å². The molecule has 0 radical (unpaired) electrons. The van der Waals surface area contributed by atoms with Gasteiger partial charge in [0.2, 0.25) is 5.89 Å². The first-order chi connectivity index (χ1) is 6.28. The summed E-state index contributed by atoms with van der Waals surface area (Å²) >= 11 is 0. The third-order valence-corrected chi connectivity index (χ3v) is 2.38. The zero-order valence-corrected chi connectivity index (χ0v) is 8.25. The molecule has 0 amide bonds. The van der Waals surface area contributed by atoms with Crippen LogP contribution in [0.15, 0.2) is 22.7 Å². The van der Waals surface area contributed by atoms with Crippen molar-refractivity contribution in [2.24, 2.45) is 5.73 Å². The number of nitrogens with two attached hydrogens (primary N) is 1. The maximum atomic E-state index is 5.95. The summed E-state index contributed by atoms with van der Waals surface area (Å²) in [6, 6.07) is 3.68.